The molecule has 0 atom stereocenters. The quantitative estimate of drug-likeness (QED) is 0.339. The summed E-state index contributed by atoms with van der Waals surface area (Å²) < 4.78 is 7.26. The lowest BCUT2D eigenvalue weighted by Gasteiger charge is -2.10. The van der Waals surface area contributed by atoms with E-state index in [2.05, 4.69) is 15.2 Å². The molecule has 144 valence electrons. The lowest BCUT2D eigenvalue weighted by molar-refractivity contribution is 0.101. The lowest BCUT2D eigenvalue weighted by atomic mass is 10.1. The van der Waals surface area contributed by atoms with E-state index in [9.17, 15) is 4.79 Å². The minimum Gasteiger partial charge on any atom is -0.496 e. The molecule has 0 aliphatic rings. The molecule has 0 fully saturated rings. The average Bonchev–Trinajstić information content (AvgIpc) is 3.22. The Morgan fingerprint density at radius 2 is 1.69 bits per heavy atom. The van der Waals surface area contributed by atoms with Gasteiger partial charge in [-0.25, -0.2) is 0 Å². The summed E-state index contributed by atoms with van der Waals surface area (Å²) >= 11 is 1.35. The molecular weight excluding hydrogens is 384 g/mol. The molecule has 0 unspecified atom stereocenters. The largest absolute Gasteiger partial charge is 0.496 e. The van der Waals surface area contributed by atoms with Crippen LogP contribution in [0.25, 0.3) is 17.1 Å². The van der Waals surface area contributed by atoms with Crippen molar-refractivity contribution in [3.8, 4) is 22.8 Å². The van der Waals surface area contributed by atoms with E-state index in [4.69, 9.17) is 4.74 Å². The average molecular weight is 402 g/mol. The van der Waals surface area contributed by atoms with Crippen LogP contribution in [0.1, 0.15) is 10.4 Å². The first-order valence-corrected chi connectivity index (χ1v) is 9.96. The van der Waals surface area contributed by atoms with Crippen LogP contribution in [0.3, 0.4) is 0 Å². The molecule has 4 rings (SSSR count). The summed E-state index contributed by atoms with van der Waals surface area (Å²) in [5.74, 6) is 1.47. The summed E-state index contributed by atoms with van der Waals surface area (Å²) in [5, 5.41) is 9.37. The van der Waals surface area contributed by atoms with Crippen LogP contribution in [-0.2, 0) is 0 Å². The third kappa shape index (κ3) is 4.05. The van der Waals surface area contributed by atoms with Crippen molar-refractivity contribution in [2.45, 2.75) is 5.16 Å². The molecule has 0 bridgehead atoms. The first-order valence-electron chi connectivity index (χ1n) is 8.98. The number of methoxy groups -OCH3 is 1. The van der Waals surface area contributed by atoms with Crippen LogP contribution in [-0.4, -0.2) is 38.4 Å². The zero-order chi connectivity index (χ0) is 20.1. The Hall–Kier alpha value is -3.45. The maximum atomic E-state index is 12.8. The van der Waals surface area contributed by atoms with Crippen LogP contribution in [0.15, 0.2) is 84.3 Å². The fraction of sp³-hybridized carbons (Fsp3) is 0.0909. The molecule has 0 amide bonds. The van der Waals surface area contributed by atoms with Gasteiger partial charge < -0.3 is 4.74 Å². The lowest BCUT2D eigenvalue weighted by Crippen LogP contribution is -2.06. The smallest absolute Gasteiger partial charge is 0.196 e. The fourth-order valence-corrected chi connectivity index (χ4v) is 3.78. The molecule has 0 saturated heterocycles. The Balaban J connectivity index is 1.66. The molecule has 0 spiro atoms. The van der Waals surface area contributed by atoms with E-state index in [0.717, 1.165) is 11.3 Å². The van der Waals surface area contributed by atoms with Crippen molar-refractivity contribution < 1.29 is 9.53 Å². The van der Waals surface area contributed by atoms with Crippen molar-refractivity contribution in [2.75, 3.05) is 12.9 Å². The number of hydrogen-bond acceptors (Lipinski definition) is 6. The topological polar surface area (TPSA) is 69.9 Å². The van der Waals surface area contributed by atoms with Gasteiger partial charge in [-0.1, -0.05) is 42.1 Å². The monoisotopic (exact) mass is 402 g/mol. The fourth-order valence-electron chi connectivity index (χ4n) is 2.94. The first-order chi connectivity index (χ1) is 14.3. The number of benzene rings is 2. The zero-order valence-corrected chi connectivity index (χ0v) is 16.5. The molecule has 4 aromatic rings. The van der Waals surface area contributed by atoms with E-state index >= 15 is 0 Å². The Morgan fingerprint density at radius 3 is 2.45 bits per heavy atom. The first kappa shape index (κ1) is 18.9. The number of Topliss-reactive ketones (excluding diaryl/α,β-unsaturated/α-hetero) is 1. The number of para-hydroxylation sites is 2. The summed E-state index contributed by atoms with van der Waals surface area (Å²) in [6.45, 7) is 0. The van der Waals surface area contributed by atoms with Crippen molar-refractivity contribution in [3.05, 3.63) is 84.7 Å². The molecule has 2 heterocycles. The van der Waals surface area contributed by atoms with E-state index in [1.54, 1.807) is 31.6 Å². The zero-order valence-electron chi connectivity index (χ0n) is 15.7. The highest BCUT2D eigenvalue weighted by atomic mass is 32.2. The molecule has 2 aromatic carbocycles. The summed E-state index contributed by atoms with van der Waals surface area (Å²) in [6.07, 6.45) is 3.44. The van der Waals surface area contributed by atoms with Crippen LogP contribution in [0.2, 0.25) is 0 Å². The van der Waals surface area contributed by atoms with Crippen molar-refractivity contribution in [2.24, 2.45) is 0 Å². The third-order valence-electron chi connectivity index (χ3n) is 4.33. The second-order valence-electron chi connectivity index (χ2n) is 6.13. The van der Waals surface area contributed by atoms with Gasteiger partial charge in [-0.3, -0.25) is 14.3 Å². The summed E-state index contributed by atoms with van der Waals surface area (Å²) in [7, 11) is 1.56. The number of ketones is 1. The van der Waals surface area contributed by atoms with Gasteiger partial charge in [-0.2, -0.15) is 0 Å². The molecule has 0 aliphatic carbocycles. The van der Waals surface area contributed by atoms with E-state index in [1.165, 1.54) is 11.8 Å². The van der Waals surface area contributed by atoms with Gasteiger partial charge in [0.15, 0.2) is 16.8 Å². The van der Waals surface area contributed by atoms with E-state index in [1.807, 2.05) is 59.2 Å². The Morgan fingerprint density at radius 1 is 0.966 bits per heavy atom. The molecule has 6 nitrogen and oxygen atoms in total. The van der Waals surface area contributed by atoms with Gasteiger partial charge in [-0.05, 0) is 36.4 Å². The van der Waals surface area contributed by atoms with Crippen molar-refractivity contribution >= 4 is 17.5 Å². The number of carbonyl (C=O) groups is 1. The number of aromatic nitrogens is 4. The molecule has 29 heavy (non-hydrogen) atoms. The van der Waals surface area contributed by atoms with Crippen LogP contribution in [0.4, 0.5) is 0 Å². The number of nitrogens with zero attached hydrogens (tertiary/aromatic N) is 4. The van der Waals surface area contributed by atoms with Gasteiger partial charge in [-0.15, -0.1) is 10.2 Å². The summed E-state index contributed by atoms with van der Waals surface area (Å²) in [4.78, 5) is 16.8. The van der Waals surface area contributed by atoms with E-state index in [-0.39, 0.29) is 11.5 Å². The van der Waals surface area contributed by atoms with Crippen molar-refractivity contribution in [1.29, 1.82) is 0 Å². The normalized spacial score (nSPS) is 10.7. The molecule has 0 saturated carbocycles. The van der Waals surface area contributed by atoms with Crippen LogP contribution < -0.4 is 4.74 Å². The highest BCUT2D eigenvalue weighted by Gasteiger charge is 2.18. The number of hydrogen-bond donors (Lipinski definition) is 0. The van der Waals surface area contributed by atoms with Gasteiger partial charge in [0.25, 0.3) is 0 Å². The maximum Gasteiger partial charge on any atom is 0.196 e. The number of pyridine rings is 1. The Bertz CT molecular complexity index is 1110. The molecule has 0 aliphatic heterocycles. The van der Waals surface area contributed by atoms with E-state index < -0.39 is 0 Å². The van der Waals surface area contributed by atoms with Crippen LogP contribution in [0, 0.1) is 0 Å². The maximum absolute atomic E-state index is 12.8. The van der Waals surface area contributed by atoms with Gasteiger partial charge in [0.1, 0.15) is 5.75 Å². The predicted molar refractivity (Wildman–Crippen MR) is 113 cm³/mol. The second-order valence-corrected chi connectivity index (χ2v) is 7.07. The van der Waals surface area contributed by atoms with Crippen LogP contribution >= 0.6 is 11.8 Å². The highest BCUT2D eigenvalue weighted by molar-refractivity contribution is 7.99. The molecule has 2 aromatic heterocycles. The predicted octanol–water partition coefficient (Wildman–Crippen LogP) is 4.31. The Kier molecular flexibility index (Phi) is 5.67. The molecule has 7 heteroatoms. The van der Waals surface area contributed by atoms with Gasteiger partial charge in [0.2, 0.25) is 0 Å². The summed E-state index contributed by atoms with van der Waals surface area (Å²) in [6, 6.07) is 20.8. The van der Waals surface area contributed by atoms with Crippen molar-refractivity contribution in [3.63, 3.8) is 0 Å². The number of ether oxygens (including phenoxy) is 1. The van der Waals surface area contributed by atoms with Crippen molar-refractivity contribution in [1.82, 2.24) is 19.7 Å². The third-order valence-corrected chi connectivity index (χ3v) is 5.25. The second kappa shape index (κ2) is 8.70. The Labute approximate surface area is 172 Å². The van der Waals surface area contributed by atoms with Gasteiger partial charge in [0, 0.05) is 23.6 Å². The molecule has 0 radical (unpaired) electrons. The number of thioether (sulfide) groups is 1. The SMILES string of the molecule is COc1ccccc1C(=O)CSc1nnc(-c2ccncc2)n1-c1ccccc1. The molecular formula is C22H18N4O2S. The standard InChI is InChI=1S/C22H18N4O2S/c1-28-20-10-6-5-9-18(20)19(27)15-29-22-25-24-21(16-11-13-23-14-12-16)26(22)17-7-3-2-4-8-17/h2-14H,15H2,1H3. The van der Waals surface area contributed by atoms with Gasteiger partial charge in [0.05, 0.1) is 18.4 Å². The summed E-state index contributed by atoms with van der Waals surface area (Å²) in [5.41, 5.74) is 2.39. The highest BCUT2D eigenvalue weighted by Crippen LogP contribution is 2.29. The number of rotatable bonds is 7. The number of carbonyl (C=O) groups excluding carboxylic acids is 1. The van der Waals surface area contributed by atoms with Crippen LogP contribution in [0.5, 0.6) is 5.75 Å². The van der Waals surface area contributed by atoms with E-state index in [0.29, 0.717) is 22.3 Å². The minimum atomic E-state index is -0.0273. The molecule has 0 N–H and O–H groups in total. The minimum absolute atomic E-state index is 0.0273. The van der Waals surface area contributed by atoms with Gasteiger partial charge >= 0.3 is 0 Å².